The van der Waals surface area contributed by atoms with Crippen LogP contribution in [0.1, 0.15) is 37.9 Å². The SMILES string of the molecule is CCC1=CC(C)(S(=O)(=O)n2ccc3cccc(C)c32)CC(c2ccn[nH]2)=C1. The van der Waals surface area contributed by atoms with E-state index in [0.29, 0.717) is 6.42 Å². The molecule has 5 nitrogen and oxygen atoms in total. The van der Waals surface area contributed by atoms with Crippen molar-refractivity contribution in [3.05, 3.63) is 71.7 Å². The quantitative estimate of drug-likeness (QED) is 0.727. The van der Waals surface area contributed by atoms with Crippen molar-refractivity contribution < 1.29 is 8.42 Å². The Balaban J connectivity index is 1.87. The number of allylic oxidation sites excluding steroid dienone is 3. The molecule has 1 atom stereocenters. The van der Waals surface area contributed by atoms with Crippen LogP contribution < -0.4 is 0 Å². The number of aromatic amines is 1. The van der Waals surface area contributed by atoms with Gasteiger partial charge in [-0.25, -0.2) is 12.4 Å². The first kappa shape index (κ1) is 17.8. The lowest BCUT2D eigenvalue weighted by Crippen LogP contribution is -2.39. The summed E-state index contributed by atoms with van der Waals surface area (Å²) in [7, 11) is -3.67. The summed E-state index contributed by atoms with van der Waals surface area (Å²) >= 11 is 0. The fourth-order valence-corrected chi connectivity index (χ4v) is 5.68. The lowest BCUT2D eigenvalue weighted by Gasteiger charge is -2.32. The van der Waals surface area contributed by atoms with Gasteiger partial charge in [0.05, 0.1) is 11.2 Å². The topological polar surface area (TPSA) is 67.8 Å². The molecule has 0 radical (unpaired) electrons. The number of para-hydroxylation sites is 1. The van der Waals surface area contributed by atoms with Gasteiger partial charge in [0.25, 0.3) is 0 Å². The van der Waals surface area contributed by atoms with E-state index in [1.54, 1.807) is 12.4 Å². The second-order valence-corrected chi connectivity index (χ2v) is 9.61. The smallest absolute Gasteiger partial charge is 0.248 e. The zero-order chi connectivity index (χ0) is 19.2. The molecule has 2 heterocycles. The lowest BCUT2D eigenvalue weighted by molar-refractivity contribution is 0.555. The van der Waals surface area contributed by atoms with Gasteiger partial charge in [-0.3, -0.25) is 5.10 Å². The second kappa shape index (κ2) is 6.23. The predicted octanol–water partition coefficient (Wildman–Crippen LogP) is 4.43. The fraction of sp³-hybridized carbons (Fsp3) is 0.286. The maximum Gasteiger partial charge on any atom is 0.248 e. The molecule has 2 aromatic heterocycles. The number of hydrogen-bond acceptors (Lipinski definition) is 3. The first-order chi connectivity index (χ1) is 12.9. The first-order valence-corrected chi connectivity index (χ1v) is 10.5. The Labute approximate surface area is 159 Å². The van der Waals surface area contributed by atoms with Crippen molar-refractivity contribution in [1.29, 1.82) is 0 Å². The minimum absolute atomic E-state index is 0.395. The summed E-state index contributed by atoms with van der Waals surface area (Å²) in [5.41, 5.74) is 4.55. The molecule has 0 spiro atoms. The Morgan fingerprint density at radius 3 is 2.78 bits per heavy atom. The molecular formula is C21H23N3O2S. The molecule has 0 saturated heterocycles. The van der Waals surface area contributed by atoms with Crippen LogP contribution in [-0.4, -0.2) is 27.3 Å². The first-order valence-electron chi connectivity index (χ1n) is 9.09. The summed E-state index contributed by atoms with van der Waals surface area (Å²) in [5, 5.41) is 7.92. The maximum atomic E-state index is 13.8. The zero-order valence-electron chi connectivity index (χ0n) is 15.7. The average Bonchev–Trinajstić information content (AvgIpc) is 3.31. The van der Waals surface area contributed by atoms with Crippen LogP contribution in [0.4, 0.5) is 0 Å². The van der Waals surface area contributed by atoms with Gasteiger partial charge in [0, 0.05) is 17.8 Å². The fourth-order valence-electron chi connectivity index (χ4n) is 3.88. The highest BCUT2D eigenvalue weighted by Crippen LogP contribution is 2.39. The van der Waals surface area contributed by atoms with Crippen molar-refractivity contribution >= 4 is 26.5 Å². The molecule has 1 N–H and O–H groups in total. The van der Waals surface area contributed by atoms with Crippen molar-refractivity contribution in [2.24, 2.45) is 0 Å². The molecule has 1 aliphatic rings. The van der Waals surface area contributed by atoms with E-state index < -0.39 is 14.8 Å². The van der Waals surface area contributed by atoms with Crippen LogP contribution in [0, 0.1) is 6.92 Å². The van der Waals surface area contributed by atoms with Crippen LogP contribution in [-0.2, 0) is 10.0 Å². The van der Waals surface area contributed by atoms with Gasteiger partial charge < -0.3 is 0 Å². The third-order valence-corrected chi connectivity index (χ3v) is 7.64. The molecule has 27 heavy (non-hydrogen) atoms. The van der Waals surface area contributed by atoms with Gasteiger partial charge in [-0.2, -0.15) is 5.10 Å². The van der Waals surface area contributed by atoms with E-state index >= 15 is 0 Å². The van der Waals surface area contributed by atoms with Gasteiger partial charge in [-0.1, -0.05) is 42.8 Å². The van der Waals surface area contributed by atoms with Crippen molar-refractivity contribution in [3.63, 3.8) is 0 Å². The molecule has 0 amide bonds. The molecule has 3 aromatic rings. The lowest BCUT2D eigenvalue weighted by atomic mass is 9.88. The van der Waals surface area contributed by atoms with E-state index in [2.05, 4.69) is 16.3 Å². The van der Waals surface area contributed by atoms with Gasteiger partial charge in [0.15, 0.2) is 0 Å². The number of hydrogen-bond donors (Lipinski definition) is 1. The summed E-state index contributed by atoms with van der Waals surface area (Å²) in [6.07, 6.45) is 8.51. The minimum atomic E-state index is -3.67. The van der Waals surface area contributed by atoms with Crippen LogP contribution >= 0.6 is 0 Å². The highest BCUT2D eigenvalue weighted by atomic mass is 32.2. The van der Waals surface area contributed by atoms with Crippen LogP contribution in [0.25, 0.3) is 16.5 Å². The molecule has 1 unspecified atom stereocenters. The summed E-state index contributed by atoms with van der Waals surface area (Å²) in [6, 6.07) is 9.58. The number of nitrogens with one attached hydrogen (secondary N) is 1. The molecule has 0 saturated carbocycles. The largest absolute Gasteiger partial charge is 0.278 e. The molecule has 140 valence electrons. The summed E-state index contributed by atoms with van der Waals surface area (Å²) in [5.74, 6) is 0. The Morgan fingerprint density at radius 1 is 1.26 bits per heavy atom. The molecule has 6 heteroatoms. The van der Waals surface area contributed by atoms with E-state index in [1.807, 2.05) is 57.2 Å². The number of benzene rings is 1. The molecular weight excluding hydrogens is 358 g/mol. The Hall–Kier alpha value is -2.60. The standard InChI is InChI=1S/C21H23N3O2S/c1-4-16-12-18(19-8-10-22-23-19)14-21(3,13-16)27(25,26)24-11-9-17-7-5-6-15(2)20(17)24/h5-13H,4,14H2,1-3H3,(H,22,23). The normalized spacial score (nSPS) is 20.6. The minimum Gasteiger partial charge on any atom is -0.278 e. The van der Waals surface area contributed by atoms with Gasteiger partial charge >= 0.3 is 0 Å². The van der Waals surface area contributed by atoms with Crippen LogP contribution in [0.5, 0.6) is 0 Å². The molecule has 0 aliphatic heterocycles. The molecule has 0 bridgehead atoms. The molecule has 1 aliphatic carbocycles. The van der Waals surface area contributed by atoms with E-state index in [-0.39, 0.29) is 0 Å². The average molecular weight is 382 g/mol. The number of aromatic nitrogens is 3. The Kier molecular flexibility index (Phi) is 4.11. The van der Waals surface area contributed by atoms with Gasteiger partial charge in [-0.15, -0.1) is 0 Å². The van der Waals surface area contributed by atoms with Gasteiger partial charge in [-0.05, 0) is 50.0 Å². The van der Waals surface area contributed by atoms with Gasteiger partial charge in [0.2, 0.25) is 10.0 Å². The van der Waals surface area contributed by atoms with Crippen LogP contribution in [0.15, 0.2) is 60.5 Å². The van der Waals surface area contributed by atoms with Gasteiger partial charge in [0.1, 0.15) is 4.75 Å². The molecule has 0 fully saturated rings. The molecule has 4 rings (SSSR count). The van der Waals surface area contributed by atoms with Crippen molar-refractivity contribution in [3.8, 4) is 0 Å². The second-order valence-electron chi connectivity index (χ2n) is 7.33. The zero-order valence-corrected chi connectivity index (χ0v) is 16.5. The van der Waals surface area contributed by atoms with E-state index in [0.717, 1.165) is 39.7 Å². The van der Waals surface area contributed by atoms with Crippen molar-refractivity contribution in [2.75, 3.05) is 0 Å². The molecule has 1 aromatic carbocycles. The number of rotatable bonds is 4. The summed E-state index contributed by atoms with van der Waals surface area (Å²) < 4.78 is 28.0. The van der Waals surface area contributed by atoms with Crippen molar-refractivity contribution in [1.82, 2.24) is 14.2 Å². The van der Waals surface area contributed by atoms with Crippen LogP contribution in [0.3, 0.4) is 0 Å². The Morgan fingerprint density at radius 2 is 2.07 bits per heavy atom. The maximum absolute atomic E-state index is 13.8. The number of fused-ring (bicyclic) bond motifs is 1. The number of aryl methyl sites for hydroxylation is 1. The number of H-pyrrole nitrogens is 1. The van der Waals surface area contributed by atoms with Crippen molar-refractivity contribution in [2.45, 2.75) is 38.4 Å². The van der Waals surface area contributed by atoms with E-state index in [9.17, 15) is 8.42 Å². The van der Waals surface area contributed by atoms with E-state index in [1.165, 1.54) is 3.97 Å². The Bertz CT molecular complexity index is 1170. The predicted molar refractivity (Wildman–Crippen MR) is 109 cm³/mol. The van der Waals surface area contributed by atoms with Crippen LogP contribution in [0.2, 0.25) is 0 Å². The number of nitrogens with zero attached hydrogens (tertiary/aromatic N) is 2. The monoisotopic (exact) mass is 381 g/mol. The summed E-state index contributed by atoms with van der Waals surface area (Å²) in [4.78, 5) is 0. The summed E-state index contributed by atoms with van der Waals surface area (Å²) in [6.45, 7) is 5.80. The third kappa shape index (κ3) is 2.75. The van der Waals surface area contributed by atoms with E-state index in [4.69, 9.17) is 0 Å². The third-order valence-electron chi connectivity index (χ3n) is 5.37. The highest BCUT2D eigenvalue weighted by molar-refractivity contribution is 7.91. The highest BCUT2D eigenvalue weighted by Gasteiger charge is 2.42.